The summed E-state index contributed by atoms with van der Waals surface area (Å²) in [5.74, 6) is 0. The summed E-state index contributed by atoms with van der Waals surface area (Å²) in [5.41, 5.74) is 2.06. The molecule has 0 N–H and O–H groups in total. The Labute approximate surface area is 264 Å². The molecular formula is C35H48BrNO3Si2. The van der Waals surface area contributed by atoms with E-state index in [9.17, 15) is 4.79 Å². The fraction of sp³-hybridized carbons (Fsp3) is 0.457. The Bertz CT molecular complexity index is 1260. The van der Waals surface area contributed by atoms with E-state index in [2.05, 4.69) is 138 Å². The first-order valence-electron chi connectivity index (χ1n) is 15.1. The molecule has 3 aromatic rings. The maximum Gasteiger partial charge on any atom is 0.261 e. The van der Waals surface area contributed by atoms with E-state index in [0.29, 0.717) is 16.6 Å². The molecule has 0 aliphatic rings. The van der Waals surface area contributed by atoms with E-state index >= 15 is 0 Å². The molecule has 0 saturated carbocycles. The highest BCUT2D eigenvalue weighted by Gasteiger charge is 2.52. The summed E-state index contributed by atoms with van der Waals surface area (Å²) in [7, 11) is -5.25. The van der Waals surface area contributed by atoms with Crippen molar-refractivity contribution in [1.82, 2.24) is 0 Å². The van der Waals surface area contributed by atoms with Gasteiger partial charge in [-0.15, -0.1) is 0 Å². The lowest BCUT2D eigenvalue weighted by Crippen LogP contribution is -2.67. The molecule has 7 heteroatoms. The van der Waals surface area contributed by atoms with E-state index in [-0.39, 0.29) is 11.6 Å². The van der Waals surface area contributed by atoms with Crippen LogP contribution in [-0.4, -0.2) is 35.4 Å². The fourth-order valence-electron chi connectivity index (χ4n) is 6.92. The van der Waals surface area contributed by atoms with Crippen LogP contribution < -0.4 is 10.4 Å². The molecule has 0 radical (unpaired) electrons. The van der Waals surface area contributed by atoms with Crippen LogP contribution in [0.15, 0.2) is 94.4 Å². The molecule has 3 rings (SSSR count). The topological polar surface area (TPSA) is 47.9 Å². The zero-order chi connectivity index (χ0) is 31.1. The van der Waals surface area contributed by atoms with Gasteiger partial charge in [-0.05, 0) is 43.7 Å². The highest BCUT2D eigenvalue weighted by atomic mass is 79.9. The van der Waals surface area contributed by atoms with Crippen LogP contribution in [0.25, 0.3) is 0 Å². The van der Waals surface area contributed by atoms with Gasteiger partial charge in [0, 0.05) is 4.47 Å². The average Bonchev–Trinajstić information content (AvgIpc) is 2.94. The molecule has 0 saturated heterocycles. The number of carbonyl (C=O) groups excluding carboxylic acids is 1. The molecule has 0 aliphatic carbocycles. The molecule has 226 valence electrons. The second kappa shape index (κ2) is 14.6. The van der Waals surface area contributed by atoms with Crippen LogP contribution in [0.2, 0.25) is 21.7 Å². The monoisotopic (exact) mass is 665 g/mol. The highest BCUT2D eigenvalue weighted by Crippen LogP contribution is 2.47. The second-order valence-electron chi connectivity index (χ2n) is 13.1. The molecule has 0 aromatic heterocycles. The van der Waals surface area contributed by atoms with Crippen LogP contribution in [-0.2, 0) is 13.6 Å². The highest BCUT2D eigenvalue weighted by molar-refractivity contribution is 9.10. The van der Waals surface area contributed by atoms with E-state index in [0.717, 1.165) is 10.0 Å². The van der Waals surface area contributed by atoms with Gasteiger partial charge in [0.1, 0.15) is 6.04 Å². The van der Waals surface area contributed by atoms with Gasteiger partial charge >= 0.3 is 0 Å². The molecular weight excluding hydrogens is 618 g/mol. The van der Waals surface area contributed by atoms with Crippen molar-refractivity contribution in [3.05, 3.63) is 95.0 Å². The standard InChI is InChI=1S/C35H48BrNO3Si2/c1-26(2)41(27(3)4,28(5)6)40-34(31-22-16-17-23-32(31)36)33(37-25-38)24-39-42(35(7,8)9,29-18-12-10-13-19-29)30-20-14-11-15-21-30/h10-23,26-28,33-34H,24H2,1-9H3/t33-,34-/m0/s1. The molecule has 0 fully saturated rings. The lowest BCUT2D eigenvalue weighted by Gasteiger charge is -2.47. The van der Waals surface area contributed by atoms with Gasteiger partial charge in [-0.3, -0.25) is 0 Å². The van der Waals surface area contributed by atoms with E-state index < -0.39 is 28.8 Å². The summed E-state index contributed by atoms with van der Waals surface area (Å²) in [5, 5.41) is 2.17. The van der Waals surface area contributed by atoms with Crippen molar-refractivity contribution in [1.29, 1.82) is 0 Å². The Kier molecular flexibility index (Phi) is 11.9. The smallest absolute Gasteiger partial charge is 0.261 e. The fourth-order valence-corrected chi connectivity index (χ4v) is 17.5. The third-order valence-electron chi connectivity index (χ3n) is 8.71. The minimum Gasteiger partial charge on any atom is -0.407 e. The predicted molar refractivity (Wildman–Crippen MR) is 184 cm³/mol. The van der Waals surface area contributed by atoms with Crippen LogP contribution in [0.3, 0.4) is 0 Å². The number of isocyanates is 1. The number of halogens is 1. The lowest BCUT2D eigenvalue weighted by atomic mass is 10.0. The molecule has 0 amide bonds. The first-order valence-corrected chi connectivity index (χ1v) is 19.9. The van der Waals surface area contributed by atoms with Crippen LogP contribution in [0.5, 0.6) is 0 Å². The third-order valence-corrected chi connectivity index (χ3v) is 20.5. The average molecular weight is 667 g/mol. The van der Waals surface area contributed by atoms with Gasteiger partial charge < -0.3 is 8.85 Å². The summed E-state index contributed by atoms with van der Waals surface area (Å²) in [6, 6.07) is 28.7. The summed E-state index contributed by atoms with van der Waals surface area (Å²) < 4.78 is 15.7. The van der Waals surface area contributed by atoms with E-state index in [1.165, 1.54) is 10.4 Å². The van der Waals surface area contributed by atoms with Crippen LogP contribution in [0, 0.1) is 0 Å². The number of hydrogen-bond acceptors (Lipinski definition) is 4. The molecule has 0 bridgehead atoms. The van der Waals surface area contributed by atoms with E-state index in [4.69, 9.17) is 8.85 Å². The van der Waals surface area contributed by atoms with Crippen molar-refractivity contribution < 1.29 is 13.6 Å². The van der Waals surface area contributed by atoms with Gasteiger partial charge in [-0.25, -0.2) is 4.79 Å². The summed E-state index contributed by atoms with van der Waals surface area (Å²) in [6.07, 6.45) is 1.42. The molecule has 3 aromatic carbocycles. The van der Waals surface area contributed by atoms with Crippen LogP contribution in [0.4, 0.5) is 0 Å². The van der Waals surface area contributed by atoms with Crippen molar-refractivity contribution in [3.63, 3.8) is 0 Å². The Morgan fingerprint density at radius 3 is 1.62 bits per heavy atom. The van der Waals surface area contributed by atoms with Crippen molar-refractivity contribution in [2.24, 2.45) is 4.99 Å². The number of rotatable bonds is 13. The summed E-state index contributed by atoms with van der Waals surface area (Å²) >= 11 is 3.79. The van der Waals surface area contributed by atoms with Gasteiger partial charge in [0.2, 0.25) is 14.4 Å². The maximum absolute atomic E-state index is 12.1. The number of nitrogens with zero attached hydrogens (tertiary/aromatic N) is 1. The molecule has 0 aliphatic heterocycles. The van der Waals surface area contributed by atoms with Crippen molar-refractivity contribution >= 4 is 49.0 Å². The quantitative estimate of drug-likeness (QED) is 0.104. The van der Waals surface area contributed by atoms with Crippen molar-refractivity contribution in [2.45, 2.75) is 96.1 Å². The maximum atomic E-state index is 12.1. The number of benzene rings is 3. The van der Waals surface area contributed by atoms with Gasteiger partial charge in [-0.1, -0.05) is 157 Å². The number of hydrogen-bond donors (Lipinski definition) is 0. The molecule has 4 nitrogen and oxygen atoms in total. The third kappa shape index (κ3) is 6.98. The minimum atomic E-state index is -2.87. The van der Waals surface area contributed by atoms with Gasteiger partial charge in [-0.2, -0.15) is 4.99 Å². The summed E-state index contributed by atoms with van der Waals surface area (Å²) in [4.78, 5) is 16.5. The van der Waals surface area contributed by atoms with Gasteiger partial charge in [0.25, 0.3) is 8.32 Å². The van der Waals surface area contributed by atoms with Crippen molar-refractivity contribution in [2.75, 3.05) is 6.61 Å². The lowest BCUT2D eigenvalue weighted by molar-refractivity contribution is 0.116. The number of aliphatic imine (C=N–C) groups is 1. The SMILES string of the molecule is CC(C)[Si](O[C@@H](c1ccccc1Br)[C@H](CO[Si](c1ccccc1)(c1ccccc1)C(C)(C)C)N=C=O)(C(C)C)C(C)C. The molecule has 0 spiro atoms. The zero-order valence-corrected chi connectivity index (χ0v) is 30.3. The molecule has 42 heavy (non-hydrogen) atoms. The van der Waals surface area contributed by atoms with Gasteiger partial charge in [0.15, 0.2) is 0 Å². The van der Waals surface area contributed by atoms with Crippen LogP contribution >= 0.6 is 15.9 Å². The molecule has 2 atom stereocenters. The molecule has 0 unspecified atom stereocenters. The van der Waals surface area contributed by atoms with E-state index in [1.54, 1.807) is 0 Å². The second-order valence-corrected chi connectivity index (χ2v) is 23.7. The van der Waals surface area contributed by atoms with Crippen LogP contribution in [0.1, 0.15) is 74.0 Å². The van der Waals surface area contributed by atoms with E-state index in [1.807, 2.05) is 36.4 Å². The predicted octanol–water partition coefficient (Wildman–Crippen LogP) is 8.96. The Morgan fingerprint density at radius 1 is 0.762 bits per heavy atom. The molecule has 0 heterocycles. The van der Waals surface area contributed by atoms with Crippen molar-refractivity contribution in [3.8, 4) is 0 Å². The Hall–Kier alpha value is -2.13. The first-order chi connectivity index (χ1) is 19.8. The first kappa shape index (κ1) is 34.4. The van der Waals surface area contributed by atoms with Gasteiger partial charge in [0.05, 0.1) is 12.7 Å². The zero-order valence-electron chi connectivity index (χ0n) is 26.7. The minimum absolute atomic E-state index is 0.207. The Morgan fingerprint density at radius 2 is 1.21 bits per heavy atom. The largest absolute Gasteiger partial charge is 0.407 e. The Balaban J connectivity index is 2.22. The summed E-state index contributed by atoms with van der Waals surface area (Å²) in [6.45, 7) is 20.7. The normalized spacial score (nSPS) is 14.2.